The molecule has 3 aromatic heterocycles. The van der Waals surface area contributed by atoms with Gasteiger partial charge >= 0.3 is 0 Å². The summed E-state index contributed by atoms with van der Waals surface area (Å²) in [5, 5.41) is 9.81. The van der Waals surface area contributed by atoms with Gasteiger partial charge in [0.15, 0.2) is 11.0 Å². The smallest absolute Gasteiger partial charge is 0.258 e. The summed E-state index contributed by atoms with van der Waals surface area (Å²) < 4.78 is 1.93. The van der Waals surface area contributed by atoms with E-state index in [1.807, 2.05) is 48.9 Å². The molecular formula is C18H16N6OS. The molecule has 0 spiro atoms. The van der Waals surface area contributed by atoms with E-state index < -0.39 is 0 Å². The van der Waals surface area contributed by atoms with Crippen molar-refractivity contribution in [1.29, 1.82) is 0 Å². The van der Waals surface area contributed by atoms with Crippen LogP contribution in [0.1, 0.15) is 18.0 Å². The standard InChI is InChI=1S/C18H16N6OS/c1-11(15-20-14-6-4-3-5-13(14)17(25)21-15)26-18-23-22-16(24(18)2)12-7-9-19-10-8-12/h3-11H,1-2H3,(H,20,21,25)/t11-/m0/s1. The molecule has 0 unspecified atom stereocenters. The third-order valence-electron chi connectivity index (χ3n) is 4.07. The second-order valence-corrected chi connectivity index (χ2v) is 7.14. The monoisotopic (exact) mass is 364 g/mol. The average Bonchev–Trinajstić information content (AvgIpc) is 3.03. The number of hydrogen-bond acceptors (Lipinski definition) is 6. The Balaban J connectivity index is 1.64. The minimum Gasteiger partial charge on any atom is -0.309 e. The van der Waals surface area contributed by atoms with Gasteiger partial charge in [-0.15, -0.1) is 10.2 Å². The van der Waals surface area contributed by atoms with E-state index in [0.717, 1.165) is 16.5 Å². The van der Waals surface area contributed by atoms with Gasteiger partial charge in [-0.25, -0.2) is 4.98 Å². The van der Waals surface area contributed by atoms with Crippen molar-refractivity contribution in [3.63, 3.8) is 0 Å². The molecule has 1 atom stereocenters. The van der Waals surface area contributed by atoms with Gasteiger partial charge in [-0.05, 0) is 31.2 Å². The van der Waals surface area contributed by atoms with Crippen LogP contribution in [-0.4, -0.2) is 29.7 Å². The fraction of sp³-hybridized carbons (Fsp3) is 0.167. The van der Waals surface area contributed by atoms with Crippen molar-refractivity contribution >= 4 is 22.7 Å². The zero-order valence-electron chi connectivity index (χ0n) is 14.2. The van der Waals surface area contributed by atoms with Crippen LogP contribution in [0.5, 0.6) is 0 Å². The lowest BCUT2D eigenvalue weighted by Gasteiger charge is -2.11. The fourth-order valence-corrected chi connectivity index (χ4v) is 3.55. The number of aromatic nitrogens is 6. The number of aromatic amines is 1. The Hall–Kier alpha value is -3.00. The minimum absolute atomic E-state index is 0.0829. The van der Waals surface area contributed by atoms with Gasteiger partial charge in [0, 0.05) is 25.0 Å². The number of hydrogen-bond donors (Lipinski definition) is 1. The maximum absolute atomic E-state index is 12.3. The van der Waals surface area contributed by atoms with E-state index in [-0.39, 0.29) is 10.8 Å². The number of benzene rings is 1. The van der Waals surface area contributed by atoms with E-state index in [1.165, 1.54) is 11.8 Å². The van der Waals surface area contributed by atoms with Crippen LogP contribution in [0.3, 0.4) is 0 Å². The Bertz CT molecular complexity index is 1120. The van der Waals surface area contributed by atoms with Crippen molar-refractivity contribution in [2.75, 3.05) is 0 Å². The molecule has 0 fully saturated rings. The molecule has 0 bridgehead atoms. The largest absolute Gasteiger partial charge is 0.309 e. The van der Waals surface area contributed by atoms with Gasteiger partial charge in [-0.3, -0.25) is 9.78 Å². The summed E-state index contributed by atoms with van der Waals surface area (Å²) in [5.74, 6) is 1.38. The second-order valence-electron chi connectivity index (χ2n) is 5.83. The van der Waals surface area contributed by atoms with Crippen molar-refractivity contribution in [2.24, 2.45) is 7.05 Å². The number of pyridine rings is 1. The minimum atomic E-state index is -0.131. The molecule has 26 heavy (non-hydrogen) atoms. The molecule has 4 aromatic rings. The third kappa shape index (κ3) is 2.99. The SMILES string of the molecule is C[C@H](Sc1nnc(-c2ccncc2)n1C)c1nc2ccccc2c(=O)[nH]1. The molecule has 0 aliphatic carbocycles. The van der Waals surface area contributed by atoms with Crippen molar-refractivity contribution in [2.45, 2.75) is 17.3 Å². The summed E-state index contributed by atoms with van der Waals surface area (Å²) in [7, 11) is 1.92. The van der Waals surface area contributed by atoms with E-state index in [4.69, 9.17) is 0 Å². The molecule has 3 heterocycles. The molecule has 0 amide bonds. The molecule has 0 aliphatic rings. The first-order chi connectivity index (χ1) is 12.6. The number of rotatable bonds is 4. The average molecular weight is 364 g/mol. The highest BCUT2D eigenvalue weighted by atomic mass is 32.2. The lowest BCUT2D eigenvalue weighted by molar-refractivity contribution is 0.786. The van der Waals surface area contributed by atoms with Gasteiger partial charge in [-0.2, -0.15) is 0 Å². The van der Waals surface area contributed by atoms with Crippen LogP contribution >= 0.6 is 11.8 Å². The van der Waals surface area contributed by atoms with Gasteiger partial charge < -0.3 is 9.55 Å². The Kier molecular flexibility index (Phi) is 4.26. The highest BCUT2D eigenvalue weighted by molar-refractivity contribution is 7.99. The van der Waals surface area contributed by atoms with Crippen LogP contribution in [0, 0.1) is 0 Å². The summed E-state index contributed by atoms with van der Waals surface area (Å²) in [5.41, 5.74) is 1.51. The maximum atomic E-state index is 12.3. The molecule has 1 N–H and O–H groups in total. The lowest BCUT2D eigenvalue weighted by Crippen LogP contribution is -2.13. The molecule has 1 aromatic carbocycles. The highest BCUT2D eigenvalue weighted by Crippen LogP contribution is 2.33. The summed E-state index contributed by atoms with van der Waals surface area (Å²) in [6, 6.07) is 11.1. The van der Waals surface area contributed by atoms with Gasteiger partial charge in [0.05, 0.1) is 16.2 Å². The van der Waals surface area contributed by atoms with Gasteiger partial charge in [0.25, 0.3) is 5.56 Å². The normalized spacial score (nSPS) is 12.4. The van der Waals surface area contributed by atoms with Crippen LogP contribution in [-0.2, 0) is 7.05 Å². The number of H-pyrrole nitrogens is 1. The molecule has 8 heteroatoms. The summed E-state index contributed by atoms with van der Waals surface area (Å²) in [4.78, 5) is 23.8. The molecule has 0 saturated carbocycles. The third-order valence-corrected chi connectivity index (χ3v) is 5.21. The number of nitrogens with zero attached hydrogens (tertiary/aromatic N) is 5. The first kappa shape index (κ1) is 16.5. The molecule has 0 saturated heterocycles. The lowest BCUT2D eigenvalue weighted by atomic mass is 10.2. The number of fused-ring (bicyclic) bond motifs is 1. The highest BCUT2D eigenvalue weighted by Gasteiger charge is 2.17. The van der Waals surface area contributed by atoms with Crippen molar-refractivity contribution < 1.29 is 0 Å². The summed E-state index contributed by atoms with van der Waals surface area (Å²) >= 11 is 1.50. The maximum Gasteiger partial charge on any atom is 0.258 e. The van der Waals surface area contributed by atoms with Gasteiger partial charge in [0.1, 0.15) is 5.82 Å². The number of nitrogens with one attached hydrogen (secondary N) is 1. The van der Waals surface area contributed by atoms with E-state index in [9.17, 15) is 4.79 Å². The van der Waals surface area contributed by atoms with Crippen LogP contribution in [0.2, 0.25) is 0 Å². The number of thioether (sulfide) groups is 1. The second kappa shape index (κ2) is 6.72. The van der Waals surface area contributed by atoms with Crippen molar-refractivity contribution in [3.8, 4) is 11.4 Å². The van der Waals surface area contributed by atoms with Crippen LogP contribution in [0.4, 0.5) is 0 Å². The predicted octanol–water partition coefficient (Wildman–Crippen LogP) is 2.97. The van der Waals surface area contributed by atoms with E-state index >= 15 is 0 Å². The molecule has 4 rings (SSSR count). The Morgan fingerprint density at radius 2 is 1.88 bits per heavy atom. The molecule has 0 aliphatic heterocycles. The predicted molar refractivity (Wildman–Crippen MR) is 101 cm³/mol. The Labute approximate surface area is 153 Å². The fourth-order valence-electron chi connectivity index (χ4n) is 2.68. The van der Waals surface area contributed by atoms with Crippen molar-refractivity contribution in [3.05, 3.63) is 65.0 Å². The van der Waals surface area contributed by atoms with E-state index in [1.54, 1.807) is 18.5 Å². The molecular weight excluding hydrogens is 348 g/mol. The quantitative estimate of drug-likeness (QED) is 0.560. The van der Waals surface area contributed by atoms with Gasteiger partial charge in [0.2, 0.25) is 0 Å². The van der Waals surface area contributed by atoms with Crippen LogP contribution < -0.4 is 5.56 Å². The first-order valence-electron chi connectivity index (χ1n) is 8.09. The number of para-hydroxylation sites is 1. The van der Waals surface area contributed by atoms with Crippen LogP contribution in [0.15, 0.2) is 58.7 Å². The summed E-state index contributed by atoms with van der Waals surface area (Å²) in [6.07, 6.45) is 3.45. The van der Waals surface area contributed by atoms with E-state index in [2.05, 4.69) is 25.1 Å². The Morgan fingerprint density at radius 1 is 1.12 bits per heavy atom. The molecule has 130 valence electrons. The molecule has 7 nitrogen and oxygen atoms in total. The Morgan fingerprint density at radius 3 is 2.69 bits per heavy atom. The summed E-state index contributed by atoms with van der Waals surface area (Å²) in [6.45, 7) is 1.98. The van der Waals surface area contributed by atoms with E-state index in [0.29, 0.717) is 16.7 Å². The topological polar surface area (TPSA) is 89.3 Å². The zero-order chi connectivity index (χ0) is 18.1. The van der Waals surface area contributed by atoms with Gasteiger partial charge in [-0.1, -0.05) is 23.9 Å². The van der Waals surface area contributed by atoms with Crippen LogP contribution in [0.25, 0.3) is 22.3 Å². The van der Waals surface area contributed by atoms with Crippen molar-refractivity contribution in [1.82, 2.24) is 29.7 Å². The zero-order valence-corrected chi connectivity index (χ0v) is 15.1. The molecule has 0 radical (unpaired) electrons. The first-order valence-corrected chi connectivity index (χ1v) is 8.97.